The number of aromatic nitrogens is 3. The van der Waals surface area contributed by atoms with Gasteiger partial charge in [-0.15, -0.1) is 0 Å². The molecule has 180 valence electrons. The first kappa shape index (κ1) is 22.8. The predicted molar refractivity (Wildman–Crippen MR) is 123 cm³/mol. The molecule has 0 unspecified atom stereocenters. The molecule has 0 spiro atoms. The topological polar surface area (TPSA) is 80.1 Å². The van der Waals surface area contributed by atoms with E-state index in [4.69, 9.17) is 0 Å². The SMILES string of the molecule is O=C(/C=C/c1cnccc1-c1cnn(C2CC2)c1)Nc1ccc2c(c1)CN(C(=O)C(F)(F)F)CC2. The first-order valence-electron chi connectivity index (χ1n) is 11.2. The van der Waals surface area contributed by atoms with Crippen LogP contribution in [0.4, 0.5) is 18.9 Å². The second kappa shape index (κ2) is 9.01. The molecule has 10 heteroatoms. The highest BCUT2D eigenvalue weighted by atomic mass is 19.4. The molecule has 0 saturated heterocycles. The highest BCUT2D eigenvalue weighted by Gasteiger charge is 2.43. The maximum Gasteiger partial charge on any atom is 0.471 e. The van der Waals surface area contributed by atoms with Crippen molar-refractivity contribution in [2.45, 2.75) is 38.0 Å². The average molecular weight is 481 g/mol. The first-order chi connectivity index (χ1) is 16.8. The van der Waals surface area contributed by atoms with Crippen molar-refractivity contribution in [1.29, 1.82) is 0 Å². The number of carbonyl (C=O) groups is 2. The zero-order chi connectivity index (χ0) is 24.6. The fourth-order valence-corrected chi connectivity index (χ4v) is 4.16. The monoisotopic (exact) mass is 481 g/mol. The Kier molecular flexibility index (Phi) is 5.88. The van der Waals surface area contributed by atoms with Gasteiger partial charge in [0.2, 0.25) is 5.91 Å². The Balaban J connectivity index is 1.28. The van der Waals surface area contributed by atoms with E-state index in [1.807, 2.05) is 16.9 Å². The molecule has 3 heterocycles. The number of fused-ring (bicyclic) bond motifs is 1. The third-order valence-electron chi connectivity index (χ3n) is 6.12. The van der Waals surface area contributed by atoms with Crippen molar-refractivity contribution >= 4 is 23.6 Å². The molecule has 35 heavy (non-hydrogen) atoms. The van der Waals surface area contributed by atoms with Crippen LogP contribution in [0.15, 0.2) is 55.1 Å². The summed E-state index contributed by atoms with van der Waals surface area (Å²) in [6.45, 7) is -0.145. The molecule has 2 aromatic heterocycles. The van der Waals surface area contributed by atoms with Crippen LogP contribution >= 0.6 is 0 Å². The molecular weight excluding hydrogens is 459 g/mol. The number of halogens is 3. The lowest BCUT2D eigenvalue weighted by atomic mass is 9.99. The lowest BCUT2D eigenvalue weighted by Gasteiger charge is -2.29. The minimum atomic E-state index is -4.91. The Hall–Kier alpha value is -3.95. The molecule has 1 aromatic carbocycles. The van der Waals surface area contributed by atoms with E-state index in [0.29, 0.717) is 23.7 Å². The Labute approximate surface area is 199 Å². The Morgan fingerprint density at radius 3 is 2.71 bits per heavy atom. The zero-order valence-corrected chi connectivity index (χ0v) is 18.6. The number of rotatable bonds is 5. The number of alkyl halides is 3. The van der Waals surface area contributed by atoms with Gasteiger partial charge in [0.25, 0.3) is 0 Å². The van der Waals surface area contributed by atoms with Crippen molar-refractivity contribution in [1.82, 2.24) is 19.7 Å². The van der Waals surface area contributed by atoms with Crippen molar-refractivity contribution in [3.05, 3.63) is 71.8 Å². The number of hydrogen-bond acceptors (Lipinski definition) is 4. The average Bonchev–Trinajstić information content (AvgIpc) is 3.58. The molecule has 2 amide bonds. The van der Waals surface area contributed by atoms with Crippen LogP contribution in [0.2, 0.25) is 0 Å². The number of amides is 2. The zero-order valence-electron chi connectivity index (χ0n) is 18.6. The van der Waals surface area contributed by atoms with Crippen LogP contribution in [0.3, 0.4) is 0 Å². The van der Waals surface area contributed by atoms with E-state index in [1.54, 1.807) is 42.9 Å². The van der Waals surface area contributed by atoms with Gasteiger partial charge in [-0.05, 0) is 60.2 Å². The van der Waals surface area contributed by atoms with E-state index in [0.717, 1.165) is 40.0 Å². The lowest BCUT2D eigenvalue weighted by molar-refractivity contribution is -0.186. The van der Waals surface area contributed by atoms with Gasteiger partial charge >= 0.3 is 12.1 Å². The van der Waals surface area contributed by atoms with Crippen molar-refractivity contribution < 1.29 is 22.8 Å². The van der Waals surface area contributed by atoms with E-state index < -0.39 is 18.0 Å². The number of nitrogens with one attached hydrogen (secondary N) is 1. The number of carbonyl (C=O) groups excluding carboxylic acids is 2. The second-order valence-electron chi connectivity index (χ2n) is 8.68. The molecule has 0 radical (unpaired) electrons. The van der Waals surface area contributed by atoms with Crippen LogP contribution in [-0.2, 0) is 22.6 Å². The van der Waals surface area contributed by atoms with Crippen LogP contribution in [0.1, 0.15) is 35.6 Å². The standard InChI is InChI=1S/C25H22F3N5O2/c26-25(27,28)24(35)32-10-8-16-1-3-20(11-18(16)14-32)31-23(34)6-2-17-12-29-9-7-22(17)19-13-30-33(15-19)21-4-5-21/h1-3,6-7,9,11-13,15,21H,4-5,8,10,14H2,(H,31,34)/b6-2+. The molecule has 7 nitrogen and oxygen atoms in total. The molecule has 0 atom stereocenters. The van der Waals surface area contributed by atoms with Crippen molar-refractivity contribution in [3.8, 4) is 11.1 Å². The summed E-state index contributed by atoms with van der Waals surface area (Å²) in [6, 6.07) is 7.40. The van der Waals surface area contributed by atoms with Gasteiger partial charge in [-0.1, -0.05) is 6.07 Å². The van der Waals surface area contributed by atoms with E-state index >= 15 is 0 Å². The van der Waals surface area contributed by atoms with Crippen LogP contribution in [0.5, 0.6) is 0 Å². The van der Waals surface area contributed by atoms with Gasteiger partial charge < -0.3 is 10.2 Å². The summed E-state index contributed by atoms with van der Waals surface area (Å²) in [6.07, 6.45) is 7.85. The Morgan fingerprint density at radius 2 is 1.94 bits per heavy atom. The van der Waals surface area contributed by atoms with E-state index in [-0.39, 0.29) is 13.1 Å². The number of hydrogen-bond donors (Lipinski definition) is 1. The Morgan fingerprint density at radius 1 is 1.11 bits per heavy atom. The molecular formula is C25H22F3N5O2. The van der Waals surface area contributed by atoms with E-state index in [2.05, 4.69) is 15.4 Å². The summed E-state index contributed by atoms with van der Waals surface area (Å²) in [4.78, 5) is 29.1. The summed E-state index contributed by atoms with van der Waals surface area (Å²) in [5.74, 6) is -2.25. The maximum absolute atomic E-state index is 12.8. The van der Waals surface area contributed by atoms with Gasteiger partial charge in [-0.3, -0.25) is 19.3 Å². The summed E-state index contributed by atoms with van der Waals surface area (Å²) in [7, 11) is 0. The number of nitrogens with zero attached hydrogens (tertiary/aromatic N) is 4. The molecule has 2 aliphatic rings. The first-order valence-corrected chi connectivity index (χ1v) is 11.2. The van der Waals surface area contributed by atoms with E-state index in [1.165, 1.54) is 6.08 Å². The third-order valence-corrected chi connectivity index (χ3v) is 6.12. The summed E-state index contributed by atoms with van der Waals surface area (Å²) in [5.41, 5.74) is 4.47. The highest BCUT2D eigenvalue weighted by molar-refractivity contribution is 6.02. The number of anilines is 1. The number of pyridine rings is 1. The van der Waals surface area contributed by atoms with Crippen LogP contribution in [-0.4, -0.2) is 44.2 Å². The van der Waals surface area contributed by atoms with Crippen molar-refractivity contribution in [3.63, 3.8) is 0 Å². The fourth-order valence-electron chi connectivity index (χ4n) is 4.16. The van der Waals surface area contributed by atoms with Crippen molar-refractivity contribution in [2.24, 2.45) is 0 Å². The van der Waals surface area contributed by atoms with Gasteiger partial charge in [-0.25, -0.2) is 0 Å². The van der Waals surface area contributed by atoms with Crippen molar-refractivity contribution in [2.75, 3.05) is 11.9 Å². The molecule has 5 rings (SSSR count). The summed E-state index contributed by atoms with van der Waals surface area (Å²) in [5, 5.41) is 7.15. The number of benzene rings is 1. The van der Waals surface area contributed by atoms with Gasteiger partial charge in [0.05, 0.1) is 12.2 Å². The molecule has 3 aromatic rings. The Bertz CT molecular complexity index is 1310. The lowest BCUT2D eigenvalue weighted by Crippen LogP contribution is -2.43. The smallest absolute Gasteiger partial charge is 0.330 e. The normalized spacial score (nSPS) is 15.8. The molecule has 1 saturated carbocycles. The van der Waals surface area contributed by atoms with Crippen LogP contribution < -0.4 is 5.32 Å². The summed E-state index contributed by atoms with van der Waals surface area (Å²) >= 11 is 0. The van der Waals surface area contributed by atoms with Gasteiger partial charge in [-0.2, -0.15) is 18.3 Å². The van der Waals surface area contributed by atoms with Gasteiger partial charge in [0, 0.05) is 54.6 Å². The molecule has 1 aliphatic heterocycles. The molecule has 1 fully saturated rings. The van der Waals surface area contributed by atoms with Crippen LogP contribution in [0.25, 0.3) is 17.2 Å². The maximum atomic E-state index is 12.8. The van der Waals surface area contributed by atoms with Crippen LogP contribution in [0, 0.1) is 0 Å². The highest BCUT2D eigenvalue weighted by Crippen LogP contribution is 2.35. The minimum absolute atomic E-state index is 0.00674. The van der Waals surface area contributed by atoms with Gasteiger partial charge in [0.1, 0.15) is 0 Å². The minimum Gasteiger partial charge on any atom is -0.330 e. The predicted octanol–water partition coefficient (Wildman–Crippen LogP) is 4.38. The quantitative estimate of drug-likeness (QED) is 0.549. The largest absolute Gasteiger partial charge is 0.471 e. The van der Waals surface area contributed by atoms with E-state index in [9.17, 15) is 22.8 Å². The second-order valence-corrected chi connectivity index (χ2v) is 8.68. The molecule has 1 N–H and O–H groups in total. The van der Waals surface area contributed by atoms with Gasteiger partial charge in [0.15, 0.2) is 0 Å². The third kappa shape index (κ3) is 5.11. The molecule has 0 bridgehead atoms. The molecule has 1 aliphatic carbocycles. The fraction of sp³-hybridized carbons (Fsp3) is 0.280. The summed E-state index contributed by atoms with van der Waals surface area (Å²) < 4.78 is 40.3.